The number of hydrogen-bond acceptors (Lipinski definition) is 3. The largest absolute Gasteiger partial charge is 0.416 e. The third-order valence-electron chi connectivity index (χ3n) is 3.69. The predicted molar refractivity (Wildman–Crippen MR) is 96.7 cm³/mol. The number of nitrogens with zero attached hydrogens (tertiary/aromatic N) is 1. The van der Waals surface area contributed by atoms with Gasteiger partial charge in [0.2, 0.25) is 10.0 Å². The summed E-state index contributed by atoms with van der Waals surface area (Å²) in [5.41, 5.74) is 5.58. The Balaban J connectivity index is 0.00000338. The Hall–Kier alpha value is -1.61. The monoisotopic (exact) mass is 408 g/mol. The molecule has 0 aliphatic rings. The van der Waals surface area contributed by atoms with Crippen molar-refractivity contribution in [2.75, 3.05) is 19.6 Å². The maximum Gasteiger partial charge on any atom is 0.416 e. The first-order chi connectivity index (χ1) is 11.7. The zero-order chi connectivity index (χ0) is 18.5. The predicted octanol–water partition coefficient (Wildman–Crippen LogP) is 3.32. The average Bonchev–Trinajstić information content (AvgIpc) is 2.58. The van der Waals surface area contributed by atoms with Gasteiger partial charge in [-0.3, -0.25) is 0 Å². The molecule has 2 rings (SSSR count). The Kier molecular flexibility index (Phi) is 8.08. The van der Waals surface area contributed by atoms with E-state index in [-0.39, 0.29) is 36.9 Å². The molecule has 0 aliphatic heterocycles. The van der Waals surface area contributed by atoms with Gasteiger partial charge in [-0.25, -0.2) is 8.42 Å². The lowest BCUT2D eigenvalue weighted by Crippen LogP contribution is -2.37. The fraction of sp³-hybridized carbons (Fsp3) is 0.294. The molecule has 0 unspecified atom stereocenters. The molecule has 4 nitrogen and oxygen atoms in total. The van der Waals surface area contributed by atoms with Crippen molar-refractivity contribution in [3.05, 3.63) is 65.7 Å². The molecule has 0 fully saturated rings. The van der Waals surface area contributed by atoms with Crippen LogP contribution in [0.5, 0.6) is 0 Å². The number of halogens is 4. The van der Waals surface area contributed by atoms with Crippen molar-refractivity contribution < 1.29 is 21.6 Å². The number of hydrogen-bond donors (Lipinski definition) is 1. The Morgan fingerprint density at radius 1 is 0.923 bits per heavy atom. The molecule has 0 atom stereocenters. The van der Waals surface area contributed by atoms with Crippen molar-refractivity contribution in [3.8, 4) is 0 Å². The lowest BCUT2D eigenvalue weighted by atomic mass is 10.1. The summed E-state index contributed by atoms with van der Waals surface area (Å²) < 4.78 is 64.5. The number of nitrogens with two attached hydrogens (primary N) is 1. The Morgan fingerprint density at radius 2 is 1.50 bits per heavy atom. The summed E-state index contributed by atoms with van der Waals surface area (Å²) in [5.74, 6) is 0. The first-order valence-corrected chi connectivity index (χ1v) is 9.10. The highest BCUT2D eigenvalue weighted by molar-refractivity contribution is 7.89. The van der Waals surface area contributed by atoms with E-state index in [2.05, 4.69) is 0 Å². The molecule has 0 amide bonds. The van der Waals surface area contributed by atoms with Crippen LogP contribution < -0.4 is 5.73 Å². The van der Waals surface area contributed by atoms with Crippen LogP contribution >= 0.6 is 12.4 Å². The van der Waals surface area contributed by atoms with Crippen LogP contribution in [0.3, 0.4) is 0 Å². The van der Waals surface area contributed by atoms with Crippen LogP contribution in [0.25, 0.3) is 0 Å². The van der Waals surface area contributed by atoms with Crippen LogP contribution in [0.2, 0.25) is 0 Å². The van der Waals surface area contributed by atoms with Crippen molar-refractivity contribution in [1.82, 2.24) is 4.31 Å². The number of alkyl halides is 3. The molecule has 0 spiro atoms. The molecular weight excluding hydrogens is 389 g/mol. The summed E-state index contributed by atoms with van der Waals surface area (Å²) in [6, 6.07) is 12.8. The normalized spacial score (nSPS) is 12.0. The molecule has 2 aromatic rings. The third kappa shape index (κ3) is 5.70. The van der Waals surface area contributed by atoms with Gasteiger partial charge in [0.1, 0.15) is 0 Å². The van der Waals surface area contributed by atoms with Crippen LogP contribution in [-0.4, -0.2) is 32.4 Å². The first-order valence-electron chi connectivity index (χ1n) is 7.66. The molecule has 0 bridgehead atoms. The molecular formula is C17H20ClF3N2O2S. The van der Waals surface area contributed by atoms with Gasteiger partial charge in [-0.05, 0) is 36.2 Å². The van der Waals surface area contributed by atoms with Gasteiger partial charge in [-0.2, -0.15) is 17.5 Å². The minimum Gasteiger partial charge on any atom is -0.329 e. The quantitative estimate of drug-likeness (QED) is 0.764. The lowest BCUT2D eigenvalue weighted by Gasteiger charge is -2.22. The zero-order valence-electron chi connectivity index (χ0n) is 13.8. The molecule has 144 valence electrons. The fourth-order valence-corrected chi connectivity index (χ4v) is 3.82. The fourth-order valence-electron chi connectivity index (χ4n) is 2.36. The SMILES string of the molecule is Cl.NCCN(CCc1ccccc1)S(=O)(=O)c1ccc(C(F)(F)F)cc1. The van der Waals surface area contributed by atoms with E-state index in [1.807, 2.05) is 30.3 Å². The lowest BCUT2D eigenvalue weighted by molar-refractivity contribution is -0.137. The second-order valence-corrected chi connectivity index (χ2v) is 7.39. The maximum atomic E-state index is 12.7. The van der Waals surface area contributed by atoms with Gasteiger partial charge < -0.3 is 5.73 Å². The first kappa shape index (κ1) is 22.4. The van der Waals surface area contributed by atoms with E-state index in [4.69, 9.17) is 5.73 Å². The molecule has 0 aliphatic carbocycles. The number of sulfonamides is 1. The van der Waals surface area contributed by atoms with Crippen molar-refractivity contribution in [2.45, 2.75) is 17.5 Å². The van der Waals surface area contributed by atoms with Gasteiger partial charge in [-0.15, -0.1) is 12.4 Å². The number of benzene rings is 2. The van der Waals surface area contributed by atoms with Crippen LogP contribution in [0.4, 0.5) is 13.2 Å². The summed E-state index contributed by atoms with van der Waals surface area (Å²) in [5, 5.41) is 0. The van der Waals surface area contributed by atoms with Crippen molar-refractivity contribution >= 4 is 22.4 Å². The molecule has 2 N–H and O–H groups in total. The zero-order valence-corrected chi connectivity index (χ0v) is 15.4. The Bertz CT molecular complexity index is 782. The second kappa shape index (κ2) is 9.36. The van der Waals surface area contributed by atoms with Crippen LogP contribution in [0, 0.1) is 0 Å². The minimum absolute atomic E-state index is 0. The topological polar surface area (TPSA) is 63.4 Å². The second-order valence-electron chi connectivity index (χ2n) is 5.45. The minimum atomic E-state index is -4.51. The molecule has 26 heavy (non-hydrogen) atoms. The summed E-state index contributed by atoms with van der Waals surface area (Å²) in [6.45, 7) is 0.412. The standard InChI is InChI=1S/C17H19F3N2O2S.ClH/c18-17(19,20)15-6-8-16(9-7-15)25(23,24)22(13-11-21)12-10-14-4-2-1-3-5-14;/h1-9H,10-13,21H2;1H. The van der Waals surface area contributed by atoms with E-state index in [9.17, 15) is 21.6 Å². The third-order valence-corrected chi connectivity index (χ3v) is 5.60. The summed E-state index contributed by atoms with van der Waals surface area (Å²) in [4.78, 5) is -0.179. The Labute approximate surface area is 157 Å². The molecule has 0 heterocycles. The van der Waals surface area contributed by atoms with E-state index in [0.29, 0.717) is 6.42 Å². The van der Waals surface area contributed by atoms with Crippen molar-refractivity contribution in [1.29, 1.82) is 0 Å². The van der Waals surface area contributed by atoms with E-state index < -0.39 is 21.8 Å². The van der Waals surface area contributed by atoms with Gasteiger partial charge in [0.05, 0.1) is 10.5 Å². The molecule has 0 radical (unpaired) electrons. The van der Waals surface area contributed by atoms with E-state index in [0.717, 1.165) is 29.8 Å². The summed E-state index contributed by atoms with van der Waals surface area (Å²) >= 11 is 0. The molecule has 2 aromatic carbocycles. The highest BCUT2D eigenvalue weighted by atomic mass is 35.5. The molecule has 0 saturated carbocycles. The van der Waals surface area contributed by atoms with Crippen molar-refractivity contribution in [2.24, 2.45) is 5.73 Å². The molecule has 0 aromatic heterocycles. The van der Waals surface area contributed by atoms with Crippen LogP contribution in [-0.2, 0) is 22.6 Å². The van der Waals surface area contributed by atoms with Gasteiger partial charge in [0.15, 0.2) is 0 Å². The Morgan fingerprint density at radius 3 is 2.00 bits per heavy atom. The number of rotatable bonds is 7. The van der Waals surface area contributed by atoms with Gasteiger partial charge in [-0.1, -0.05) is 30.3 Å². The summed E-state index contributed by atoms with van der Waals surface area (Å²) in [6.07, 6.45) is -4.02. The summed E-state index contributed by atoms with van der Waals surface area (Å²) in [7, 11) is -3.91. The van der Waals surface area contributed by atoms with E-state index >= 15 is 0 Å². The highest BCUT2D eigenvalue weighted by Gasteiger charge is 2.31. The van der Waals surface area contributed by atoms with Gasteiger partial charge in [0, 0.05) is 19.6 Å². The van der Waals surface area contributed by atoms with Crippen LogP contribution in [0.1, 0.15) is 11.1 Å². The van der Waals surface area contributed by atoms with Crippen LogP contribution in [0.15, 0.2) is 59.5 Å². The highest BCUT2D eigenvalue weighted by Crippen LogP contribution is 2.30. The van der Waals surface area contributed by atoms with E-state index in [1.165, 1.54) is 4.31 Å². The maximum absolute atomic E-state index is 12.7. The van der Waals surface area contributed by atoms with Gasteiger partial charge in [0.25, 0.3) is 0 Å². The molecule has 9 heteroatoms. The van der Waals surface area contributed by atoms with E-state index in [1.54, 1.807) is 0 Å². The van der Waals surface area contributed by atoms with Gasteiger partial charge >= 0.3 is 6.18 Å². The average molecular weight is 409 g/mol. The molecule has 0 saturated heterocycles. The van der Waals surface area contributed by atoms with Crippen molar-refractivity contribution in [3.63, 3.8) is 0 Å². The smallest absolute Gasteiger partial charge is 0.329 e.